The van der Waals surface area contributed by atoms with E-state index in [2.05, 4.69) is 111 Å². The van der Waals surface area contributed by atoms with Crippen LogP contribution in [-0.2, 0) is 38.2 Å². The molecule has 8 atom stereocenters. The molecular weight excluding hydrogens is 1100 g/mol. The number of fused-ring (bicyclic) bond motifs is 2. The third-order valence-electron chi connectivity index (χ3n) is 12.8. The van der Waals surface area contributed by atoms with Gasteiger partial charge in [0.15, 0.2) is 0 Å². The fourth-order valence-electron chi connectivity index (χ4n) is 8.91. The highest BCUT2D eigenvalue weighted by Gasteiger charge is 2.41. The predicted molar refractivity (Wildman–Crippen MR) is 277 cm³/mol. The van der Waals surface area contributed by atoms with Crippen molar-refractivity contribution in [3.8, 4) is 0 Å². The highest BCUT2D eigenvalue weighted by molar-refractivity contribution is 14.1. The molecule has 2 aliphatic rings. The van der Waals surface area contributed by atoms with Crippen molar-refractivity contribution in [1.29, 1.82) is 0 Å². The number of esters is 1. The second kappa shape index (κ2) is 24.5. The second-order valence-electron chi connectivity index (χ2n) is 17.6. The van der Waals surface area contributed by atoms with Crippen LogP contribution >= 0.6 is 45.2 Å². The molecule has 4 aromatic rings. The van der Waals surface area contributed by atoms with Gasteiger partial charge in [0, 0.05) is 78.3 Å². The molecule has 21 heteroatoms. The minimum Gasteiger partial charge on any atom is -0.461 e. The van der Waals surface area contributed by atoms with Crippen molar-refractivity contribution in [3.05, 3.63) is 55.9 Å². The molecule has 0 bridgehead atoms. The molecule has 68 heavy (non-hydrogen) atoms. The quantitative estimate of drug-likeness (QED) is 0.0323. The van der Waals surface area contributed by atoms with E-state index in [4.69, 9.17) is 14.2 Å². The first-order chi connectivity index (χ1) is 32.6. The van der Waals surface area contributed by atoms with Crippen molar-refractivity contribution in [2.45, 2.75) is 101 Å². The zero-order chi connectivity index (χ0) is 49.2. The number of hydrogen-bond acceptors (Lipinski definition) is 13. The predicted octanol–water partition coefficient (Wildman–Crippen LogP) is 3.08. The number of amides is 4. The zero-order valence-corrected chi connectivity index (χ0v) is 44.1. The van der Waals surface area contributed by atoms with Crippen LogP contribution in [-0.4, -0.2) is 170 Å². The van der Waals surface area contributed by atoms with Gasteiger partial charge in [0.2, 0.25) is 23.6 Å². The molecular formula is C47H66I2N10O9. The number of aliphatic hydroxyl groups excluding tert-OH is 1. The van der Waals surface area contributed by atoms with Crippen molar-refractivity contribution in [3.63, 3.8) is 0 Å². The van der Waals surface area contributed by atoms with Gasteiger partial charge in [-0.1, -0.05) is 0 Å². The number of nitrogens with one attached hydrogen (secondary N) is 6. The SMILES string of the molecule is CN[C@@H](C)C(=O)N[C@@H](CCOC)C(=O)N1C[C@@H](O)C[C@H]1CNc1cn(-n2cc(NC[C@@H]3C[C@H](OC(C)=O)CN3C(=O)[C@H](CCCOC)NC(=O)[C@H](C)NC)c3ccc(I)cc32)c2cc(I)ccc12. The van der Waals surface area contributed by atoms with E-state index in [1.54, 1.807) is 52.0 Å². The van der Waals surface area contributed by atoms with E-state index in [0.717, 1.165) is 40.3 Å². The number of ether oxygens (including phenoxy) is 3. The Balaban J connectivity index is 1.28. The Hall–Kier alpha value is -4.27. The van der Waals surface area contributed by atoms with Gasteiger partial charge in [0.25, 0.3) is 0 Å². The molecule has 2 aliphatic heterocycles. The number of aromatic nitrogens is 2. The molecule has 7 N–H and O–H groups in total. The van der Waals surface area contributed by atoms with Gasteiger partial charge >= 0.3 is 5.97 Å². The summed E-state index contributed by atoms with van der Waals surface area (Å²) < 4.78 is 22.4. The minimum absolute atomic E-state index is 0.147. The molecule has 372 valence electrons. The minimum atomic E-state index is -0.821. The van der Waals surface area contributed by atoms with Crippen LogP contribution in [0, 0.1) is 7.14 Å². The number of β-amino-alcohol motifs (C(OH)–C–C–N with tert-alkyl or cyclic N) is 1. The lowest BCUT2D eigenvalue weighted by molar-refractivity contribution is -0.147. The molecule has 0 aliphatic carbocycles. The first-order valence-electron chi connectivity index (χ1n) is 23.1. The average molecular weight is 1170 g/mol. The Bertz CT molecular complexity index is 2410. The molecule has 0 saturated carbocycles. The van der Waals surface area contributed by atoms with Crippen molar-refractivity contribution in [2.75, 3.05) is 78.3 Å². The topological polar surface area (TPSA) is 222 Å². The van der Waals surface area contributed by atoms with Crippen LogP contribution in [0.4, 0.5) is 11.4 Å². The first kappa shape index (κ1) is 53.1. The summed E-state index contributed by atoms with van der Waals surface area (Å²) in [6.07, 6.45) is 4.82. The van der Waals surface area contributed by atoms with Crippen LogP contribution in [0.3, 0.4) is 0 Å². The van der Waals surface area contributed by atoms with Crippen molar-refractivity contribution in [2.24, 2.45) is 0 Å². The normalized spacial score (nSPS) is 20.0. The van der Waals surface area contributed by atoms with Crippen LogP contribution < -0.4 is 31.9 Å². The van der Waals surface area contributed by atoms with Gasteiger partial charge in [0.05, 0.1) is 71.6 Å². The fourth-order valence-corrected chi connectivity index (χ4v) is 9.86. The number of hydrogen-bond donors (Lipinski definition) is 7. The summed E-state index contributed by atoms with van der Waals surface area (Å²) in [6, 6.07) is 9.06. The van der Waals surface area contributed by atoms with E-state index in [1.807, 2.05) is 24.5 Å². The second-order valence-corrected chi connectivity index (χ2v) is 20.1. The molecule has 2 aromatic carbocycles. The average Bonchev–Trinajstić information content (AvgIpc) is 4.09. The summed E-state index contributed by atoms with van der Waals surface area (Å²) in [5.74, 6) is -1.54. The summed E-state index contributed by atoms with van der Waals surface area (Å²) >= 11 is 4.61. The van der Waals surface area contributed by atoms with E-state index in [-0.39, 0.29) is 61.8 Å². The van der Waals surface area contributed by atoms with Gasteiger partial charge in [0.1, 0.15) is 18.2 Å². The Morgan fingerprint density at radius 3 is 1.69 bits per heavy atom. The van der Waals surface area contributed by atoms with Crippen molar-refractivity contribution < 1.29 is 43.3 Å². The first-order valence-corrected chi connectivity index (χ1v) is 25.2. The Morgan fingerprint density at radius 2 is 1.21 bits per heavy atom. The smallest absolute Gasteiger partial charge is 0.302 e. The number of anilines is 2. The maximum atomic E-state index is 14.4. The van der Waals surface area contributed by atoms with E-state index in [1.165, 1.54) is 6.92 Å². The van der Waals surface area contributed by atoms with Crippen LogP contribution in [0.1, 0.15) is 52.9 Å². The zero-order valence-electron chi connectivity index (χ0n) is 39.8. The number of nitrogens with zero attached hydrogens (tertiary/aromatic N) is 4. The number of halogens is 2. The number of likely N-dealkylation sites (tertiary alicyclic amines) is 2. The summed E-state index contributed by atoms with van der Waals surface area (Å²) in [7, 11) is 6.51. The molecule has 19 nitrogen and oxygen atoms in total. The molecule has 0 spiro atoms. The van der Waals surface area contributed by atoms with Crippen molar-refractivity contribution in [1.82, 2.24) is 40.4 Å². The maximum Gasteiger partial charge on any atom is 0.302 e. The molecule has 6 rings (SSSR count). The van der Waals surface area contributed by atoms with Crippen LogP contribution in [0.15, 0.2) is 48.8 Å². The number of carbonyl (C=O) groups is 5. The molecule has 4 heterocycles. The van der Waals surface area contributed by atoms with Gasteiger partial charge in [-0.15, -0.1) is 0 Å². The Morgan fingerprint density at radius 1 is 0.721 bits per heavy atom. The van der Waals surface area contributed by atoms with Crippen LogP contribution in [0.25, 0.3) is 21.8 Å². The Kier molecular flexibility index (Phi) is 19.1. The van der Waals surface area contributed by atoms with Crippen LogP contribution in [0.2, 0.25) is 0 Å². The highest BCUT2D eigenvalue weighted by Crippen LogP contribution is 2.34. The lowest BCUT2D eigenvalue weighted by atomic mass is 10.1. The largest absolute Gasteiger partial charge is 0.461 e. The summed E-state index contributed by atoms with van der Waals surface area (Å²) in [6.45, 7) is 6.54. The van der Waals surface area contributed by atoms with E-state index >= 15 is 0 Å². The van der Waals surface area contributed by atoms with Gasteiger partial charge in [-0.25, -0.2) is 0 Å². The highest BCUT2D eigenvalue weighted by atomic mass is 127. The Labute approximate surface area is 424 Å². The monoisotopic (exact) mass is 1170 g/mol. The fraction of sp³-hybridized carbons (Fsp3) is 0.553. The molecule has 0 unspecified atom stereocenters. The number of benzene rings is 2. The number of carbonyl (C=O) groups excluding carboxylic acids is 5. The van der Waals surface area contributed by atoms with Gasteiger partial charge in [-0.3, -0.25) is 33.3 Å². The van der Waals surface area contributed by atoms with E-state index < -0.39 is 42.3 Å². The number of rotatable bonds is 23. The summed E-state index contributed by atoms with van der Waals surface area (Å²) in [5.41, 5.74) is 3.49. The lowest BCUT2D eigenvalue weighted by Crippen LogP contribution is -2.54. The third-order valence-corrected chi connectivity index (χ3v) is 14.1. The van der Waals surface area contributed by atoms with E-state index in [0.29, 0.717) is 45.4 Å². The lowest BCUT2D eigenvalue weighted by Gasteiger charge is -2.30. The number of aliphatic hydroxyl groups is 1. The summed E-state index contributed by atoms with van der Waals surface area (Å²) in [5, 5.41) is 31.7. The molecule has 2 fully saturated rings. The molecule has 4 amide bonds. The molecule has 0 radical (unpaired) electrons. The molecule has 2 aromatic heterocycles. The van der Waals surface area contributed by atoms with Crippen molar-refractivity contribution >= 4 is 108 Å². The number of methoxy groups -OCH3 is 2. The third kappa shape index (κ3) is 12.9. The molecule has 2 saturated heterocycles. The van der Waals surface area contributed by atoms with Gasteiger partial charge in [-0.05, 0) is 135 Å². The number of likely N-dealkylation sites (N-methyl/N-ethyl adjacent to an activating group) is 2. The standard InChI is InChI=1S/C47H66I2N10O9/c1-27(50-4)44(62)54-38(9-8-15-66-6)46(64)57-24-35(68-29(3)60)20-33(57)22-53-41-26-59(43-18-31(49)11-13-37(41)43)58-25-40(36-12-10-30(48)17-42(36)58)52-21-32-19-34(61)23-56(32)47(65)39(14-16-67-7)55-45(63)28(2)51-5/h10-13,17-18,25-28,32-35,38-39,50-53,61H,8-9,14-16,19-24H2,1-7H3,(H,54,62)(H,55,63)/t27-,28-,32-,33-,34-,35-,38-,39-/m0/s1. The summed E-state index contributed by atoms with van der Waals surface area (Å²) in [4.78, 5) is 69.9. The van der Waals surface area contributed by atoms with Gasteiger partial charge < -0.3 is 61.0 Å². The van der Waals surface area contributed by atoms with Gasteiger partial charge in [-0.2, -0.15) is 0 Å². The van der Waals surface area contributed by atoms with E-state index in [9.17, 15) is 29.1 Å². The maximum absolute atomic E-state index is 14.4. The van der Waals surface area contributed by atoms with Crippen LogP contribution in [0.5, 0.6) is 0 Å².